The van der Waals surface area contributed by atoms with Gasteiger partial charge in [-0.1, -0.05) is 34.1 Å². The topological polar surface area (TPSA) is 75.3 Å². The van der Waals surface area contributed by atoms with Crippen LogP contribution in [0.4, 0.5) is 5.69 Å². The summed E-state index contributed by atoms with van der Waals surface area (Å²) in [6.45, 7) is 6.80. The Morgan fingerprint density at radius 1 is 1.08 bits per heavy atom. The van der Waals surface area contributed by atoms with Crippen LogP contribution < -0.4 is 10.0 Å². The molecule has 0 fully saturated rings. The van der Waals surface area contributed by atoms with Crippen LogP contribution in [0.15, 0.2) is 51.8 Å². The molecule has 0 unspecified atom stereocenters. The van der Waals surface area contributed by atoms with Crippen molar-refractivity contribution in [1.82, 2.24) is 4.72 Å². The Morgan fingerprint density at radius 3 is 2.24 bits per heavy atom. The third-order valence-corrected chi connectivity index (χ3v) is 5.97. The lowest BCUT2D eigenvalue weighted by atomic mass is 9.96. The molecule has 0 aromatic heterocycles. The molecule has 0 atom stereocenters. The number of hydrogen-bond acceptors (Lipinski definition) is 3. The number of rotatable bonds is 5. The second kappa shape index (κ2) is 7.27. The number of anilines is 1. The number of benzene rings is 2. The predicted octanol–water partition coefficient (Wildman–Crippen LogP) is 3.93. The van der Waals surface area contributed by atoms with Crippen molar-refractivity contribution < 1.29 is 13.2 Å². The van der Waals surface area contributed by atoms with Crippen molar-refractivity contribution in [3.63, 3.8) is 0 Å². The molecule has 0 aliphatic heterocycles. The summed E-state index contributed by atoms with van der Waals surface area (Å²) in [7, 11) is -3.76. The van der Waals surface area contributed by atoms with Crippen molar-refractivity contribution in [1.29, 1.82) is 0 Å². The largest absolute Gasteiger partial charge is 0.326 e. The van der Waals surface area contributed by atoms with Crippen molar-refractivity contribution in [2.75, 3.05) is 5.32 Å². The maximum Gasteiger partial charge on any atom is 0.241 e. The first-order chi connectivity index (χ1) is 11.5. The Labute approximate surface area is 157 Å². The van der Waals surface area contributed by atoms with Gasteiger partial charge in [0.1, 0.15) is 0 Å². The van der Waals surface area contributed by atoms with Gasteiger partial charge < -0.3 is 5.32 Å². The number of aryl methyl sites for hydroxylation is 1. The zero-order chi connectivity index (χ0) is 18.8. The second-order valence-electron chi connectivity index (χ2n) is 6.40. The SMILES string of the molecule is CC(=O)Nc1cc(S(=O)(=O)NC(C)(C)c2ccc(Br)cc2)ccc1C. The molecule has 0 bridgehead atoms. The molecule has 2 aromatic carbocycles. The molecule has 1 amide bonds. The summed E-state index contributed by atoms with van der Waals surface area (Å²) in [6, 6.07) is 12.1. The third-order valence-electron chi connectivity index (χ3n) is 3.79. The number of amides is 1. The van der Waals surface area contributed by atoms with Gasteiger partial charge in [-0.05, 0) is 56.2 Å². The van der Waals surface area contributed by atoms with E-state index in [1.807, 2.05) is 24.3 Å². The van der Waals surface area contributed by atoms with Crippen molar-refractivity contribution in [2.45, 2.75) is 38.1 Å². The Morgan fingerprint density at radius 2 is 1.68 bits per heavy atom. The van der Waals surface area contributed by atoms with E-state index in [9.17, 15) is 13.2 Å². The molecule has 0 spiro atoms. The smallest absolute Gasteiger partial charge is 0.241 e. The zero-order valence-corrected chi connectivity index (χ0v) is 17.0. The van der Waals surface area contributed by atoms with Crippen LogP contribution in [-0.4, -0.2) is 14.3 Å². The van der Waals surface area contributed by atoms with Gasteiger partial charge in [0.15, 0.2) is 0 Å². The van der Waals surface area contributed by atoms with Gasteiger partial charge in [-0.3, -0.25) is 4.79 Å². The second-order valence-corrected chi connectivity index (χ2v) is 8.99. The molecule has 134 valence electrons. The van der Waals surface area contributed by atoms with Crippen LogP contribution in [0, 0.1) is 6.92 Å². The molecule has 2 rings (SSSR count). The number of carbonyl (C=O) groups excluding carboxylic acids is 1. The lowest BCUT2D eigenvalue weighted by Gasteiger charge is -2.27. The molecule has 7 heteroatoms. The molecular weight excluding hydrogens is 404 g/mol. The van der Waals surface area contributed by atoms with Gasteiger partial charge in [0.2, 0.25) is 15.9 Å². The lowest BCUT2D eigenvalue weighted by Crippen LogP contribution is -2.40. The molecule has 0 saturated carbocycles. The normalized spacial score (nSPS) is 12.0. The first-order valence-electron chi connectivity index (χ1n) is 7.69. The number of carbonyl (C=O) groups is 1. The lowest BCUT2D eigenvalue weighted by molar-refractivity contribution is -0.114. The fraction of sp³-hybridized carbons (Fsp3) is 0.278. The van der Waals surface area contributed by atoms with Crippen LogP contribution in [0.25, 0.3) is 0 Å². The Bertz CT molecular complexity index is 891. The van der Waals surface area contributed by atoms with E-state index in [0.717, 1.165) is 15.6 Å². The summed E-state index contributed by atoms with van der Waals surface area (Å²) in [5, 5.41) is 2.65. The zero-order valence-electron chi connectivity index (χ0n) is 14.6. The summed E-state index contributed by atoms with van der Waals surface area (Å²) in [4.78, 5) is 11.4. The standard InChI is InChI=1S/C18H21BrN2O3S/c1-12-5-10-16(11-17(12)20-13(2)22)25(23,24)21-18(3,4)14-6-8-15(19)9-7-14/h5-11,21H,1-4H3,(H,20,22). The molecule has 25 heavy (non-hydrogen) atoms. The van der Waals surface area contributed by atoms with E-state index in [2.05, 4.69) is 26.0 Å². The van der Waals surface area contributed by atoms with Gasteiger partial charge in [0.25, 0.3) is 0 Å². The fourth-order valence-corrected chi connectivity index (χ4v) is 4.10. The minimum Gasteiger partial charge on any atom is -0.326 e. The number of hydrogen-bond donors (Lipinski definition) is 2. The van der Waals surface area contributed by atoms with Gasteiger partial charge in [0, 0.05) is 17.1 Å². The molecule has 0 heterocycles. The maximum absolute atomic E-state index is 12.8. The highest BCUT2D eigenvalue weighted by atomic mass is 79.9. The highest BCUT2D eigenvalue weighted by molar-refractivity contribution is 9.10. The van der Waals surface area contributed by atoms with Crippen LogP contribution in [0.2, 0.25) is 0 Å². The van der Waals surface area contributed by atoms with Gasteiger partial charge >= 0.3 is 0 Å². The quantitative estimate of drug-likeness (QED) is 0.763. The summed E-state index contributed by atoms with van der Waals surface area (Å²) in [6.07, 6.45) is 0. The highest BCUT2D eigenvalue weighted by Gasteiger charge is 2.28. The van der Waals surface area contributed by atoms with Crippen molar-refractivity contribution >= 4 is 37.5 Å². The van der Waals surface area contributed by atoms with E-state index in [4.69, 9.17) is 0 Å². The van der Waals surface area contributed by atoms with Crippen molar-refractivity contribution in [2.24, 2.45) is 0 Å². The number of halogens is 1. The molecule has 0 aliphatic carbocycles. The minimum atomic E-state index is -3.76. The van der Waals surface area contributed by atoms with E-state index >= 15 is 0 Å². The molecule has 0 aliphatic rings. The van der Waals surface area contributed by atoms with Gasteiger partial charge in [-0.2, -0.15) is 0 Å². The summed E-state index contributed by atoms with van der Waals surface area (Å²) >= 11 is 3.37. The van der Waals surface area contributed by atoms with E-state index in [-0.39, 0.29) is 10.8 Å². The number of nitrogens with one attached hydrogen (secondary N) is 2. The first-order valence-corrected chi connectivity index (χ1v) is 9.97. The van der Waals surface area contributed by atoms with Crippen molar-refractivity contribution in [3.8, 4) is 0 Å². The van der Waals surface area contributed by atoms with Crippen LogP contribution >= 0.6 is 15.9 Å². The minimum absolute atomic E-state index is 0.104. The maximum atomic E-state index is 12.8. The molecular formula is C18H21BrN2O3S. The summed E-state index contributed by atoms with van der Waals surface area (Å²) < 4.78 is 29.3. The van der Waals surface area contributed by atoms with Gasteiger partial charge in [-0.25, -0.2) is 13.1 Å². The molecule has 2 aromatic rings. The first kappa shape index (κ1) is 19.6. The van der Waals surface area contributed by atoms with Crippen LogP contribution in [-0.2, 0) is 20.4 Å². The molecule has 5 nitrogen and oxygen atoms in total. The van der Waals surface area contributed by atoms with Gasteiger partial charge in [0.05, 0.1) is 10.4 Å². The van der Waals surface area contributed by atoms with E-state index in [1.165, 1.54) is 19.1 Å². The average molecular weight is 425 g/mol. The molecule has 0 saturated heterocycles. The summed E-state index contributed by atoms with van der Waals surface area (Å²) in [5.74, 6) is -0.249. The average Bonchev–Trinajstić information content (AvgIpc) is 2.48. The Hall–Kier alpha value is -1.70. The van der Waals surface area contributed by atoms with E-state index in [1.54, 1.807) is 26.8 Å². The van der Waals surface area contributed by atoms with Gasteiger partial charge in [-0.15, -0.1) is 0 Å². The Kier molecular flexibility index (Phi) is 5.71. The Balaban J connectivity index is 2.35. The highest BCUT2D eigenvalue weighted by Crippen LogP contribution is 2.26. The number of sulfonamides is 1. The molecule has 0 radical (unpaired) electrons. The van der Waals surface area contributed by atoms with E-state index < -0.39 is 15.6 Å². The molecule has 2 N–H and O–H groups in total. The van der Waals surface area contributed by atoms with Crippen LogP contribution in [0.5, 0.6) is 0 Å². The summed E-state index contributed by atoms with van der Waals surface area (Å²) in [5.41, 5.74) is 1.32. The van der Waals surface area contributed by atoms with Crippen molar-refractivity contribution in [3.05, 3.63) is 58.1 Å². The predicted molar refractivity (Wildman–Crippen MR) is 103 cm³/mol. The monoisotopic (exact) mass is 424 g/mol. The fourth-order valence-electron chi connectivity index (χ4n) is 2.41. The van der Waals surface area contributed by atoms with E-state index in [0.29, 0.717) is 5.69 Å². The van der Waals surface area contributed by atoms with Crippen LogP contribution in [0.3, 0.4) is 0 Å². The van der Waals surface area contributed by atoms with Crippen LogP contribution in [0.1, 0.15) is 31.9 Å². The third kappa shape index (κ3) is 4.90.